The lowest BCUT2D eigenvalue weighted by molar-refractivity contribution is -0.118. The molecule has 1 amide bonds. The molecule has 5 nitrogen and oxygen atoms in total. The van der Waals surface area contributed by atoms with Gasteiger partial charge in [-0.3, -0.25) is 4.79 Å². The van der Waals surface area contributed by atoms with Crippen LogP contribution in [-0.2, 0) is 4.79 Å². The van der Waals surface area contributed by atoms with Crippen molar-refractivity contribution >= 4 is 23.6 Å². The molecule has 2 N–H and O–H groups in total. The first-order valence-corrected chi connectivity index (χ1v) is 6.36. The van der Waals surface area contributed by atoms with Gasteiger partial charge in [0, 0.05) is 6.04 Å². The molecule has 0 aromatic carbocycles. The molecule has 0 bridgehead atoms. The first-order chi connectivity index (χ1) is 8.56. The Morgan fingerprint density at radius 2 is 2.28 bits per heavy atom. The van der Waals surface area contributed by atoms with Crippen LogP contribution in [0.4, 0.5) is 4.39 Å². The lowest BCUT2D eigenvalue weighted by atomic mass is 10.3. The van der Waals surface area contributed by atoms with E-state index in [1.165, 1.54) is 0 Å². The van der Waals surface area contributed by atoms with Crippen LogP contribution in [0.15, 0.2) is 17.3 Å². The predicted octanol–water partition coefficient (Wildman–Crippen LogP) is 1.29. The number of carbonyl (C=O) groups is 2. The molecule has 7 heteroatoms. The molecule has 1 aromatic rings. The zero-order valence-electron chi connectivity index (χ0n) is 9.35. The summed E-state index contributed by atoms with van der Waals surface area (Å²) in [4.78, 5) is 26.0. The number of thioether (sulfide) groups is 1. The molecule has 1 aliphatic carbocycles. The van der Waals surface area contributed by atoms with Gasteiger partial charge in [0.1, 0.15) is 10.8 Å². The van der Waals surface area contributed by atoms with Gasteiger partial charge in [-0.05, 0) is 18.9 Å². The van der Waals surface area contributed by atoms with Gasteiger partial charge in [-0.1, -0.05) is 11.8 Å². The number of nitrogens with one attached hydrogen (secondary N) is 1. The normalized spacial score (nSPS) is 14.3. The molecular weight excluding hydrogens is 259 g/mol. The summed E-state index contributed by atoms with van der Waals surface area (Å²) in [7, 11) is 0. The maximum Gasteiger partial charge on any atom is 0.338 e. The van der Waals surface area contributed by atoms with Gasteiger partial charge in [-0.2, -0.15) is 0 Å². The third kappa shape index (κ3) is 3.43. The largest absolute Gasteiger partial charge is 0.478 e. The molecule has 2 rings (SSSR count). The van der Waals surface area contributed by atoms with Crippen molar-refractivity contribution < 1.29 is 19.1 Å². The highest BCUT2D eigenvalue weighted by atomic mass is 32.2. The number of hydrogen-bond donors (Lipinski definition) is 2. The van der Waals surface area contributed by atoms with E-state index in [0.717, 1.165) is 36.9 Å². The monoisotopic (exact) mass is 270 g/mol. The Kier molecular flexibility index (Phi) is 3.81. The van der Waals surface area contributed by atoms with E-state index < -0.39 is 11.8 Å². The predicted molar refractivity (Wildman–Crippen MR) is 63.0 cm³/mol. The molecular formula is C11H11FN2O3S. The van der Waals surface area contributed by atoms with Gasteiger partial charge in [-0.25, -0.2) is 14.2 Å². The minimum Gasteiger partial charge on any atom is -0.478 e. The fourth-order valence-corrected chi connectivity index (χ4v) is 2.11. The topological polar surface area (TPSA) is 79.3 Å². The number of aromatic carboxylic acids is 1. The van der Waals surface area contributed by atoms with Crippen molar-refractivity contribution in [2.24, 2.45) is 0 Å². The number of halogens is 1. The number of nitrogens with zero attached hydrogens (tertiary/aromatic N) is 1. The average Bonchev–Trinajstić information content (AvgIpc) is 3.11. The van der Waals surface area contributed by atoms with Gasteiger partial charge in [0.15, 0.2) is 0 Å². The van der Waals surface area contributed by atoms with E-state index in [9.17, 15) is 14.0 Å². The second-order valence-corrected chi connectivity index (χ2v) is 4.91. The van der Waals surface area contributed by atoms with Crippen molar-refractivity contribution in [1.29, 1.82) is 0 Å². The van der Waals surface area contributed by atoms with Crippen molar-refractivity contribution in [3.63, 3.8) is 0 Å². The number of aromatic nitrogens is 1. The van der Waals surface area contributed by atoms with Crippen LogP contribution in [-0.4, -0.2) is 33.8 Å². The van der Waals surface area contributed by atoms with Crippen molar-refractivity contribution in [2.75, 3.05) is 5.75 Å². The molecule has 0 unspecified atom stereocenters. The van der Waals surface area contributed by atoms with Crippen LogP contribution in [0, 0.1) is 5.82 Å². The molecule has 18 heavy (non-hydrogen) atoms. The number of carboxylic acid groups (broad SMARTS) is 1. The standard InChI is InChI=1S/C11H11FN2O3S/c12-6-3-8(11(16)17)10(13-4-6)18-5-9(15)14-7-1-2-7/h3-4,7H,1-2,5H2,(H,14,15)(H,16,17). The van der Waals surface area contributed by atoms with E-state index in [4.69, 9.17) is 5.11 Å². The summed E-state index contributed by atoms with van der Waals surface area (Å²) in [6, 6.07) is 1.16. The number of carbonyl (C=O) groups excluding carboxylic acids is 1. The summed E-state index contributed by atoms with van der Waals surface area (Å²) in [5, 5.41) is 11.8. The number of rotatable bonds is 5. The first-order valence-electron chi connectivity index (χ1n) is 5.37. The Morgan fingerprint density at radius 1 is 1.56 bits per heavy atom. The van der Waals surface area contributed by atoms with Crippen LogP contribution in [0.5, 0.6) is 0 Å². The quantitative estimate of drug-likeness (QED) is 0.788. The van der Waals surface area contributed by atoms with Crippen molar-refractivity contribution in [1.82, 2.24) is 10.3 Å². The lowest BCUT2D eigenvalue weighted by Gasteiger charge is -2.05. The third-order valence-electron chi connectivity index (χ3n) is 2.33. The van der Waals surface area contributed by atoms with Gasteiger partial charge in [0.2, 0.25) is 5.91 Å². The van der Waals surface area contributed by atoms with Crippen LogP contribution in [0.1, 0.15) is 23.2 Å². The molecule has 96 valence electrons. The van der Waals surface area contributed by atoms with E-state index >= 15 is 0 Å². The molecule has 1 aromatic heterocycles. The summed E-state index contributed by atoms with van der Waals surface area (Å²) < 4.78 is 12.9. The Balaban J connectivity index is 1.99. The summed E-state index contributed by atoms with van der Waals surface area (Å²) in [6.45, 7) is 0. The Morgan fingerprint density at radius 3 is 2.89 bits per heavy atom. The van der Waals surface area contributed by atoms with Crippen molar-refractivity contribution in [2.45, 2.75) is 23.9 Å². The average molecular weight is 270 g/mol. The minimum atomic E-state index is -1.26. The van der Waals surface area contributed by atoms with Crippen LogP contribution >= 0.6 is 11.8 Å². The van der Waals surface area contributed by atoms with Gasteiger partial charge in [0.05, 0.1) is 17.5 Å². The maximum absolute atomic E-state index is 12.9. The zero-order valence-corrected chi connectivity index (χ0v) is 10.2. The summed E-state index contributed by atoms with van der Waals surface area (Å²) in [5.41, 5.74) is -0.223. The summed E-state index contributed by atoms with van der Waals surface area (Å²) >= 11 is 0.991. The number of hydrogen-bond acceptors (Lipinski definition) is 4. The number of carboxylic acids is 1. The minimum absolute atomic E-state index is 0.0788. The van der Waals surface area contributed by atoms with Crippen molar-refractivity contribution in [3.05, 3.63) is 23.6 Å². The molecule has 1 heterocycles. The van der Waals surface area contributed by atoms with Crippen LogP contribution < -0.4 is 5.32 Å². The van der Waals surface area contributed by atoms with Gasteiger partial charge >= 0.3 is 5.97 Å². The van der Waals surface area contributed by atoms with Gasteiger partial charge in [-0.15, -0.1) is 0 Å². The second-order valence-electron chi connectivity index (χ2n) is 3.94. The van der Waals surface area contributed by atoms with Crippen LogP contribution in [0.3, 0.4) is 0 Å². The highest BCUT2D eigenvalue weighted by Crippen LogP contribution is 2.22. The van der Waals surface area contributed by atoms with Crippen LogP contribution in [0.2, 0.25) is 0 Å². The molecule has 0 aliphatic heterocycles. The molecule has 0 radical (unpaired) electrons. The first kappa shape index (κ1) is 12.8. The zero-order chi connectivity index (χ0) is 13.1. The highest BCUT2D eigenvalue weighted by Gasteiger charge is 2.23. The lowest BCUT2D eigenvalue weighted by Crippen LogP contribution is -2.27. The Bertz CT molecular complexity index is 491. The highest BCUT2D eigenvalue weighted by molar-refractivity contribution is 8.00. The second kappa shape index (κ2) is 5.34. The van der Waals surface area contributed by atoms with E-state index in [2.05, 4.69) is 10.3 Å². The van der Waals surface area contributed by atoms with Crippen molar-refractivity contribution in [3.8, 4) is 0 Å². The Hall–Kier alpha value is -1.63. The fraction of sp³-hybridized carbons (Fsp3) is 0.364. The van der Waals surface area contributed by atoms with Gasteiger partial charge in [0.25, 0.3) is 0 Å². The number of amides is 1. The van der Waals surface area contributed by atoms with E-state index in [1.54, 1.807) is 0 Å². The molecule has 0 saturated heterocycles. The summed E-state index contributed by atoms with van der Waals surface area (Å²) in [5.74, 6) is -2.05. The fourth-order valence-electron chi connectivity index (χ4n) is 1.33. The molecule has 0 atom stereocenters. The van der Waals surface area contributed by atoms with Crippen LogP contribution in [0.25, 0.3) is 0 Å². The van der Waals surface area contributed by atoms with E-state index in [-0.39, 0.29) is 28.3 Å². The molecule has 1 fully saturated rings. The van der Waals surface area contributed by atoms with E-state index in [0.29, 0.717) is 0 Å². The Labute approximate surface area is 107 Å². The maximum atomic E-state index is 12.9. The molecule has 1 saturated carbocycles. The molecule has 0 spiro atoms. The number of pyridine rings is 1. The van der Waals surface area contributed by atoms with E-state index in [1.807, 2.05) is 0 Å². The molecule has 1 aliphatic rings. The third-order valence-corrected chi connectivity index (χ3v) is 3.34. The smallest absolute Gasteiger partial charge is 0.338 e. The SMILES string of the molecule is O=C(CSc1ncc(F)cc1C(=O)O)NC1CC1. The summed E-state index contributed by atoms with van der Waals surface area (Å²) in [6.07, 6.45) is 2.92. The van der Waals surface area contributed by atoms with Gasteiger partial charge < -0.3 is 10.4 Å².